The summed E-state index contributed by atoms with van der Waals surface area (Å²) in [6.07, 6.45) is 1.56. The van der Waals surface area contributed by atoms with E-state index in [4.69, 9.17) is 10.2 Å². The van der Waals surface area contributed by atoms with Crippen molar-refractivity contribution in [3.05, 3.63) is 53.2 Å². The van der Waals surface area contributed by atoms with Gasteiger partial charge in [-0.3, -0.25) is 4.79 Å². The lowest BCUT2D eigenvalue weighted by molar-refractivity contribution is 0.0930. The zero-order chi connectivity index (χ0) is 15.2. The molecule has 5 nitrogen and oxygen atoms in total. The van der Waals surface area contributed by atoms with Crippen LogP contribution in [0.25, 0.3) is 0 Å². The van der Waals surface area contributed by atoms with Crippen molar-refractivity contribution in [1.29, 1.82) is 0 Å². The molecule has 2 rings (SSSR count). The third-order valence-electron chi connectivity index (χ3n) is 2.88. The first-order valence-corrected chi connectivity index (χ1v) is 6.63. The second-order valence-corrected chi connectivity index (χ2v) is 4.55. The Morgan fingerprint density at radius 3 is 2.95 bits per heavy atom. The van der Waals surface area contributed by atoms with Crippen LogP contribution in [0, 0.1) is 18.8 Å². The molecule has 0 saturated heterocycles. The summed E-state index contributed by atoms with van der Waals surface area (Å²) in [4.78, 5) is 16.4. The molecule has 1 amide bonds. The van der Waals surface area contributed by atoms with Gasteiger partial charge in [0.15, 0.2) is 0 Å². The Morgan fingerprint density at radius 1 is 1.48 bits per heavy atom. The highest BCUT2D eigenvalue weighted by atomic mass is 16.3. The number of aromatic nitrogens is 1. The Bertz CT molecular complexity index is 695. The van der Waals surface area contributed by atoms with E-state index in [1.165, 1.54) is 0 Å². The molecule has 0 bridgehead atoms. The lowest BCUT2D eigenvalue weighted by atomic mass is 10.1. The number of nitrogens with two attached hydrogens (primary N) is 1. The van der Waals surface area contributed by atoms with Gasteiger partial charge in [-0.2, -0.15) is 0 Å². The van der Waals surface area contributed by atoms with Crippen molar-refractivity contribution in [2.75, 3.05) is 6.54 Å². The van der Waals surface area contributed by atoms with Crippen LogP contribution >= 0.6 is 0 Å². The molecule has 0 aliphatic carbocycles. The Hall–Kier alpha value is -2.58. The monoisotopic (exact) mass is 283 g/mol. The summed E-state index contributed by atoms with van der Waals surface area (Å²) in [5, 5.41) is 2.85. The maximum Gasteiger partial charge on any atom is 0.271 e. The van der Waals surface area contributed by atoms with Crippen LogP contribution < -0.4 is 11.1 Å². The minimum Gasteiger partial charge on any atom is -0.464 e. The number of nitrogens with one attached hydrogen (secondary N) is 1. The fourth-order valence-corrected chi connectivity index (χ4v) is 1.86. The summed E-state index contributed by atoms with van der Waals surface area (Å²) < 4.78 is 5.50. The highest BCUT2D eigenvalue weighted by molar-refractivity contribution is 5.94. The smallest absolute Gasteiger partial charge is 0.271 e. The summed E-state index contributed by atoms with van der Waals surface area (Å²) in [5.41, 5.74) is 6.20. The van der Waals surface area contributed by atoms with Crippen LogP contribution in [0.5, 0.6) is 0 Å². The number of rotatable bonds is 3. The topological polar surface area (TPSA) is 81.2 Å². The summed E-state index contributed by atoms with van der Waals surface area (Å²) in [5.74, 6) is 6.79. The number of carbonyl (C=O) groups is 1. The van der Waals surface area contributed by atoms with Crippen LogP contribution in [0.15, 0.2) is 34.9 Å². The van der Waals surface area contributed by atoms with Crippen molar-refractivity contribution in [2.45, 2.75) is 19.9 Å². The summed E-state index contributed by atoms with van der Waals surface area (Å²) in [7, 11) is 0. The number of nitrogens with zero attached hydrogens (tertiary/aromatic N) is 1. The minimum absolute atomic E-state index is 0.234. The van der Waals surface area contributed by atoms with Crippen LogP contribution in [0.4, 0.5) is 0 Å². The van der Waals surface area contributed by atoms with Crippen LogP contribution in [0.1, 0.15) is 40.5 Å². The van der Waals surface area contributed by atoms with E-state index in [0.717, 1.165) is 5.76 Å². The number of carbonyl (C=O) groups excluding carboxylic acids is 1. The standard InChI is InChI=1S/C16H17N3O2/c1-11-7-8-14(21-11)12(2)19-16(20)15-13(5-3-9-17)6-4-10-18-15/h4,6-8,10,12H,9,17H2,1-2H3,(H,19,20). The van der Waals surface area contributed by atoms with Gasteiger partial charge >= 0.3 is 0 Å². The molecule has 2 heterocycles. The average Bonchev–Trinajstić information content (AvgIpc) is 2.92. The van der Waals surface area contributed by atoms with Gasteiger partial charge in [0.2, 0.25) is 0 Å². The van der Waals surface area contributed by atoms with Crippen LogP contribution in [-0.2, 0) is 0 Å². The molecule has 3 N–H and O–H groups in total. The van der Waals surface area contributed by atoms with Crippen molar-refractivity contribution in [3.63, 3.8) is 0 Å². The number of hydrogen-bond acceptors (Lipinski definition) is 4. The molecule has 21 heavy (non-hydrogen) atoms. The molecule has 5 heteroatoms. The van der Waals surface area contributed by atoms with Gasteiger partial charge in [0.1, 0.15) is 17.2 Å². The Balaban J connectivity index is 2.17. The van der Waals surface area contributed by atoms with Crippen LogP contribution in [0.3, 0.4) is 0 Å². The molecule has 0 spiro atoms. The quantitative estimate of drug-likeness (QED) is 0.841. The van der Waals surface area contributed by atoms with E-state index in [-0.39, 0.29) is 24.2 Å². The summed E-state index contributed by atoms with van der Waals surface area (Å²) in [6.45, 7) is 3.94. The molecule has 108 valence electrons. The highest BCUT2D eigenvalue weighted by Crippen LogP contribution is 2.16. The number of pyridine rings is 1. The van der Waals surface area contributed by atoms with Gasteiger partial charge in [0.05, 0.1) is 18.2 Å². The zero-order valence-corrected chi connectivity index (χ0v) is 12.0. The van der Waals surface area contributed by atoms with E-state index >= 15 is 0 Å². The van der Waals surface area contributed by atoms with E-state index in [0.29, 0.717) is 11.3 Å². The third-order valence-corrected chi connectivity index (χ3v) is 2.88. The van der Waals surface area contributed by atoms with Gasteiger partial charge < -0.3 is 15.5 Å². The van der Waals surface area contributed by atoms with Gasteiger partial charge in [0.25, 0.3) is 5.91 Å². The number of hydrogen-bond donors (Lipinski definition) is 2. The van der Waals surface area contributed by atoms with Crippen molar-refractivity contribution in [2.24, 2.45) is 5.73 Å². The number of aryl methyl sites for hydroxylation is 1. The zero-order valence-electron chi connectivity index (χ0n) is 12.0. The van der Waals surface area contributed by atoms with Crippen molar-refractivity contribution < 1.29 is 9.21 Å². The predicted molar refractivity (Wildman–Crippen MR) is 79.5 cm³/mol. The molecule has 0 saturated carbocycles. The number of furan rings is 1. The van der Waals surface area contributed by atoms with E-state index in [1.807, 2.05) is 26.0 Å². The molecule has 2 aromatic rings. The maximum atomic E-state index is 12.3. The molecular weight excluding hydrogens is 266 g/mol. The molecule has 0 radical (unpaired) electrons. The molecule has 1 atom stereocenters. The van der Waals surface area contributed by atoms with E-state index < -0.39 is 0 Å². The van der Waals surface area contributed by atoms with Crippen molar-refractivity contribution in [3.8, 4) is 11.8 Å². The second kappa shape index (κ2) is 6.73. The largest absolute Gasteiger partial charge is 0.464 e. The lowest BCUT2D eigenvalue weighted by Gasteiger charge is -2.11. The van der Waals surface area contributed by atoms with Gasteiger partial charge in [-0.1, -0.05) is 11.8 Å². The van der Waals surface area contributed by atoms with E-state index in [1.54, 1.807) is 18.3 Å². The van der Waals surface area contributed by atoms with Gasteiger partial charge in [-0.25, -0.2) is 4.98 Å². The van der Waals surface area contributed by atoms with E-state index in [9.17, 15) is 4.79 Å². The van der Waals surface area contributed by atoms with Gasteiger partial charge in [-0.05, 0) is 38.1 Å². The molecule has 2 aromatic heterocycles. The SMILES string of the molecule is Cc1ccc(C(C)NC(=O)c2ncccc2C#CCN)o1. The van der Waals surface area contributed by atoms with Crippen molar-refractivity contribution >= 4 is 5.91 Å². The molecule has 0 fully saturated rings. The minimum atomic E-state index is -0.293. The molecular formula is C16H17N3O2. The van der Waals surface area contributed by atoms with Gasteiger partial charge in [0, 0.05) is 6.20 Å². The van der Waals surface area contributed by atoms with Gasteiger partial charge in [-0.15, -0.1) is 0 Å². The summed E-state index contributed by atoms with van der Waals surface area (Å²) >= 11 is 0. The molecule has 1 unspecified atom stereocenters. The summed E-state index contributed by atoms with van der Waals surface area (Å²) in [6, 6.07) is 6.93. The lowest BCUT2D eigenvalue weighted by Crippen LogP contribution is -2.28. The first-order valence-electron chi connectivity index (χ1n) is 6.63. The maximum absolute atomic E-state index is 12.3. The molecule has 0 aliphatic rings. The predicted octanol–water partition coefficient (Wildman–Crippen LogP) is 1.78. The molecule has 0 aliphatic heterocycles. The highest BCUT2D eigenvalue weighted by Gasteiger charge is 2.17. The molecule has 0 aromatic carbocycles. The first kappa shape index (κ1) is 14.8. The van der Waals surface area contributed by atoms with E-state index in [2.05, 4.69) is 22.1 Å². The fraction of sp³-hybridized carbons (Fsp3) is 0.250. The first-order chi connectivity index (χ1) is 10.1. The third kappa shape index (κ3) is 3.71. The fourth-order valence-electron chi connectivity index (χ4n) is 1.86. The Labute approximate surface area is 123 Å². The Morgan fingerprint density at radius 2 is 2.29 bits per heavy atom. The van der Waals surface area contributed by atoms with Crippen LogP contribution in [-0.4, -0.2) is 17.4 Å². The second-order valence-electron chi connectivity index (χ2n) is 4.55. The van der Waals surface area contributed by atoms with Crippen LogP contribution in [0.2, 0.25) is 0 Å². The van der Waals surface area contributed by atoms with Crippen molar-refractivity contribution in [1.82, 2.24) is 10.3 Å². The number of amides is 1. The average molecular weight is 283 g/mol. The normalized spacial score (nSPS) is 11.4. The Kier molecular flexibility index (Phi) is 4.75.